The fourth-order valence-electron chi connectivity index (χ4n) is 3.01. The summed E-state index contributed by atoms with van der Waals surface area (Å²) in [6.45, 7) is 6.33. The first-order valence-electron chi connectivity index (χ1n) is 8.35. The van der Waals surface area contributed by atoms with Crippen LogP contribution in [0.5, 0.6) is 0 Å². The van der Waals surface area contributed by atoms with E-state index in [2.05, 4.69) is 31.0 Å². The van der Waals surface area contributed by atoms with Crippen molar-refractivity contribution in [1.29, 1.82) is 0 Å². The molecule has 5 heteroatoms. The number of carbonyl (C=O) groups excluding carboxylic acids is 1. The van der Waals surface area contributed by atoms with Crippen molar-refractivity contribution >= 4 is 6.03 Å². The lowest BCUT2D eigenvalue weighted by Crippen LogP contribution is -2.23. The Morgan fingerprint density at radius 3 is 2.50 bits per heavy atom. The summed E-state index contributed by atoms with van der Waals surface area (Å²) in [5.74, 6) is 0.191. The minimum Gasteiger partial charge on any atom is -0.244 e. The number of nitrogens with zero attached hydrogens (tertiary/aromatic N) is 4. The van der Waals surface area contributed by atoms with Crippen LogP contribution in [0, 0.1) is 0 Å². The topological polar surface area (TPSA) is 52.7 Å². The maximum atomic E-state index is 12.8. The molecule has 0 amide bonds. The van der Waals surface area contributed by atoms with Crippen LogP contribution in [0.2, 0.25) is 0 Å². The van der Waals surface area contributed by atoms with Crippen LogP contribution in [0.4, 0.5) is 4.79 Å². The summed E-state index contributed by atoms with van der Waals surface area (Å²) in [6.07, 6.45) is 5.14. The molecule has 0 aliphatic carbocycles. The number of rotatable bonds is 4. The highest BCUT2D eigenvalue weighted by atomic mass is 16.2. The van der Waals surface area contributed by atoms with E-state index in [-0.39, 0.29) is 11.9 Å². The molecule has 124 valence electrons. The van der Waals surface area contributed by atoms with Gasteiger partial charge in [0.2, 0.25) is 0 Å². The molecule has 0 bridgehead atoms. The first-order valence-corrected chi connectivity index (χ1v) is 8.35. The van der Waals surface area contributed by atoms with Crippen molar-refractivity contribution in [2.24, 2.45) is 0 Å². The molecule has 0 N–H and O–H groups in total. The second kappa shape index (κ2) is 6.83. The molecule has 0 aliphatic rings. The van der Waals surface area contributed by atoms with E-state index >= 15 is 0 Å². The molecule has 5 nitrogen and oxygen atoms in total. The summed E-state index contributed by atoms with van der Waals surface area (Å²) in [6, 6.07) is 11.5. The van der Waals surface area contributed by atoms with Gasteiger partial charge in [0.25, 0.3) is 0 Å². The molecular weight excluding hydrogens is 300 g/mol. The molecule has 0 aliphatic heterocycles. The van der Waals surface area contributed by atoms with Gasteiger partial charge >= 0.3 is 6.03 Å². The molecule has 0 atom stereocenters. The van der Waals surface area contributed by atoms with Gasteiger partial charge in [0.1, 0.15) is 0 Å². The quantitative estimate of drug-likeness (QED) is 0.718. The van der Waals surface area contributed by atoms with Gasteiger partial charge in [-0.3, -0.25) is 0 Å². The van der Waals surface area contributed by atoms with E-state index in [0.29, 0.717) is 0 Å². The van der Waals surface area contributed by atoms with Crippen molar-refractivity contribution in [1.82, 2.24) is 19.6 Å². The van der Waals surface area contributed by atoms with Crippen LogP contribution in [-0.2, 0) is 6.42 Å². The highest BCUT2D eigenvalue weighted by Crippen LogP contribution is 2.31. The smallest absolute Gasteiger partial charge is 0.244 e. The maximum Gasteiger partial charge on any atom is 0.369 e. The van der Waals surface area contributed by atoms with Gasteiger partial charge in [0.05, 0.1) is 11.4 Å². The van der Waals surface area contributed by atoms with Crippen molar-refractivity contribution in [3.63, 3.8) is 0 Å². The Hall–Kier alpha value is -2.69. The molecule has 0 saturated heterocycles. The largest absolute Gasteiger partial charge is 0.369 e. The molecule has 2 aromatic heterocycles. The predicted molar refractivity (Wildman–Crippen MR) is 94.2 cm³/mol. The van der Waals surface area contributed by atoms with E-state index in [9.17, 15) is 4.79 Å². The standard InChI is InChI=1S/C19H22N4O/c1-4-9-16-17(15-10-6-5-7-11-15)21-23(18(16)14(2)3)19(24)22-13-8-12-20-22/h5-8,10-14H,4,9H2,1-3H3. The van der Waals surface area contributed by atoms with E-state index < -0.39 is 0 Å². The van der Waals surface area contributed by atoms with Crippen LogP contribution < -0.4 is 0 Å². The maximum absolute atomic E-state index is 12.8. The van der Waals surface area contributed by atoms with Gasteiger partial charge in [-0.15, -0.1) is 0 Å². The van der Waals surface area contributed by atoms with Crippen LogP contribution in [0.1, 0.15) is 44.4 Å². The van der Waals surface area contributed by atoms with Crippen molar-refractivity contribution in [2.45, 2.75) is 39.5 Å². The lowest BCUT2D eigenvalue weighted by Gasteiger charge is -2.11. The average molecular weight is 322 g/mol. The molecule has 1 aromatic carbocycles. The zero-order chi connectivity index (χ0) is 17.1. The van der Waals surface area contributed by atoms with Crippen molar-refractivity contribution in [3.05, 3.63) is 60.0 Å². The Balaban J connectivity index is 2.20. The SMILES string of the molecule is CCCc1c(-c2ccccc2)nn(C(=O)n2cccn2)c1C(C)C. The minimum absolute atomic E-state index is 0.191. The number of carbonyl (C=O) groups is 1. The number of benzene rings is 1. The Labute approximate surface area is 141 Å². The lowest BCUT2D eigenvalue weighted by molar-refractivity contribution is 0.237. The Morgan fingerprint density at radius 1 is 1.17 bits per heavy atom. The second-order valence-corrected chi connectivity index (χ2v) is 6.13. The first-order chi connectivity index (χ1) is 11.6. The predicted octanol–water partition coefficient (Wildman–Crippen LogP) is 4.34. The molecular formula is C19H22N4O. The van der Waals surface area contributed by atoms with Gasteiger partial charge in [-0.25, -0.2) is 4.79 Å². The number of aromatic nitrogens is 4. The van der Waals surface area contributed by atoms with E-state index in [1.54, 1.807) is 18.5 Å². The summed E-state index contributed by atoms with van der Waals surface area (Å²) in [4.78, 5) is 12.8. The molecule has 0 fully saturated rings. The monoisotopic (exact) mass is 322 g/mol. The summed E-state index contributed by atoms with van der Waals surface area (Å²) < 4.78 is 2.84. The van der Waals surface area contributed by atoms with Crippen LogP contribution in [0.15, 0.2) is 48.8 Å². The van der Waals surface area contributed by atoms with Gasteiger partial charge in [0, 0.05) is 23.5 Å². The fourth-order valence-corrected chi connectivity index (χ4v) is 3.01. The molecule has 0 radical (unpaired) electrons. The van der Waals surface area contributed by atoms with Gasteiger partial charge in [-0.2, -0.15) is 19.6 Å². The zero-order valence-electron chi connectivity index (χ0n) is 14.3. The first kappa shape index (κ1) is 16.2. The molecule has 0 spiro atoms. The fraction of sp³-hybridized carbons (Fsp3) is 0.316. The number of hydrogen-bond acceptors (Lipinski definition) is 3. The highest BCUT2D eigenvalue weighted by molar-refractivity contribution is 5.80. The third-order valence-corrected chi connectivity index (χ3v) is 4.00. The third-order valence-electron chi connectivity index (χ3n) is 4.00. The van der Waals surface area contributed by atoms with E-state index in [1.807, 2.05) is 30.3 Å². The molecule has 24 heavy (non-hydrogen) atoms. The molecule has 3 rings (SSSR count). The molecule has 2 heterocycles. The van der Waals surface area contributed by atoms with Gasteiger partial charge < -0.3 is 0 Å². The third kappa shape index (κ3) is 2.89. The molecule has 0 unspecified atom stereocenters. The van der Waals surface area contributed by atoms with E-state index in [1.165, 1.54) is 9.36 Å². The summed E-state index contributed by atoms with van der Waals surface area (Å²) in [7, 11) is 0. The van der Waals surface area contributed by atoms with E-state index in [0.717, 1.165) is 35.4 Å². The van der Waals surface area contributed by atoms with Crippen LogP contribution in [0.25, 0.3) is 11.3 Å². The number of hydrogen-bond donors (Lipinski definition) is 0. The van der Waals surface area contributed by atoms with Crippen LogP contribution in [-0.4, -0.2) is 25.6 Å². The summed E-state index contributed by atoms with van der Waals surface area (Å²) in [5.41, 5.74) is 4.05. The minimum atomic E-state index is -0.247. The van der Waals surface area contributed by atoms with Gasteiger partial charge in [-0.1, -0.05) is 57.5 Å². The van der Waals surface area contributed by atoms with Crippen molar-refractivity contribution in [2.75, 3.05) is 0 Å². The second-order valence-electron chi connectivity index (χ2n) is 6.13. The molecule has 0 saturated carbocycles. The average Bonchev–Trinajstić information content (AvgIpc) is 3.23. The Bertz CT molecular complexity index is 817. The van der Waals surface area contributed by atoms with Gasteiger partial charge in [0.15, 0.2) is 0 Å². The highest BCUT2D eigenvalue weighted by Gasteiger charge is 2.24. The van der Waals surface area contributed by atoms with E-state index in [4.69, 9.17) is 0 Å². The Kier molecular flexibility index (Phi) is 4.60. The van der Waals surface area contributed by atoms with Gasteiger partial charge in [-0.05, 0) is 18.4 Å². The van der Waals surface area contributed by atoms with Crippen molar-refractivity contribution < 1.29 is 4.79 Å². The van der Waals surface area contributed by atoms with Crippen LogP contribution >= 0.6 is 0 Å². The Morgan fingerprint density at radius 2 is 1.92 bits per heavy atom. The molecule has 3 aromatic rings. The zero-order valence-corrected chi connectivity index (χ0v) is 14.3. The normalized spacial score (nSPS) is 11.2. The lowest BCUT2D eigenvalue weighted by atomic mass is 9.97. The summed E-state index contributed by atoms with van der Waals surface area (Å²) >= 11 is 0. The van der Waals surface area contributed by atoms with Crippen LogP contribution in [0.3, 0.4) is 0 Å². The van der Waals surface area contributed by atoms with Crippen molar-refractivity contribution in [3.8, 4) is 11.3 Å². The summed E-state index contributed by atoms with van der Waals surface area (Å²) in [5, 5.41) is 8.74.